The van der Waals surface area contributed by atoms with Gasteiger partial charge in [0.1, 0.15) is 0 Å². The van der Waals surface area contributed by atoms with Crippen LogP contribution >= 0.6 is 27.7 Å². The van der Waals surface area contributed by atoms with Gasteiger partial charge in [-0.1, -0.05) is 13.8 Å². The van der Waals surface area contributed by atoms with Crippen LogP contribution in [-0.2, 0) is 19.5 Å². The molecule has 1 aliphatic rings. The van der Waals surface area contributed by atoms with E-state index in [1.807, 2.05) is 0 Å². The topological polar surface area (TPSA) is 29.9 Å². The molecule has 2 atom stereocenters. The molecule has 0 aliphatic heterocycles. The summed E-state index contributed by atoms with van der Waals surface area (Å²) >= 11 is 5.84. The van der Waals surface area contributed by atoms with E-state index in [1.54, 1.807) is 0 Å². The zero-order valence-electron chi connectivity index (χ0n) is 12.8. The second-order valence-electron chi connectivity index (χ2n) is 5.34. The van der Waals surface area contributed by atoms with Crippen LogP contribution in [0.3, 0.4) is 0 Å². The Labute approximate surface area is 135 Å². The summed E-state index contributed by atoms with van der Waals surface area (Å²) in [6.45, 7) is 8.44. The predicted molar refractivity (Wildman–Crippen MR) is 91.4 cm³/mol. The van der Waals surface area contributed by atoms with Crippen LogP contribution in [0.4, 0.5) is 0 Å². The van der Waals surface area contributed by atoms with Gasteiger partial charge in [0.25, 0.3) is 0 Å². The number of nitrogens with one attached hydrogen (secondary N) is 1. The molecule has 2 rings (SSSR count). The van der Waals surface area contributed by atoms with E-state index in [9.17, 15) is 0 Å². The average molecular weight is 360 g/mol. The van der Waals surface area contributed by atoms with Crippen LogP contribution in [0.1, 0.15) is 51.4 Å². The Hall–Kier alpha value is 0. The number of halogens is 1. The Bertz CT molecular complexity index is 433. The maximum atomic E-state index is 4.66. The van der Waals surface area contributed by atoms with Gasteiger partial charge < -0.3 is 5.32 Å². The molecule has 1 N–H and O–H groups in total. The average Bonchev–Trinajstić information content (AvgIpc) is 3.01. The summed E-state index contributed by atoms with van der Waals surface area (Å²) < 4.78 is 3.33. The number of rotatable bonds is 7. The molecule has 20 heavy (non-hydrogen) atoms. The van der Waals surface area contributed by atoms with E-state index in [0.717, 1.165) is 24.8 Å². The fourth-order valence-electron chi connectivity index (χ4n) is 2.94. The Morgan fingerprint density at radius 1 is 1.35 bits per heavy atom. The first-order valence-electron chi connectivity index (χ1n) is 7.78. The van der Waals surface area contributed by atoms with Crippen LogP contribution in [0.2, 0.25) is 0 Å². The molecule has 0 saturated heterocycles. The van der Waals surface area contributed by atoms with Gasteiger partial charge in [0, 0.05) is 24.4 Å². The molecule has 5 heteroatoms. The summed E-state index contributed by atoms with van der Waals surface area (Å²) in [5, 5.41) is 9.26. The fraction of sp³-hybridized carbons (Fsp3) is 0.800. The second kappa shape index (κ2) is 7.85. The fourth-order valence-corrected chi connectivity index (χ4v) is 4.79. The molecule has 1 aromatic rings. The van der Waals surface area contributed by atoms with Crippen LogP contribution in [0.15, 0.2) is 4.47 Å². The molecule has 0 amide bonds. The highest BCUT2D eigenvalue weighted by atomic mass is 79.9. The van der Waals surface area contributed by atoms with E-state index in [1.165, 1.54) is 40.9 Å². The van der Waals surface area contributed by atoms with Crippen molar-refractivity contribution in [3.05, 3.63) is 15.9 Å². The summed E-state index contributed by atoms with van der Waals surface area (Å²) in [5.41, 5.74) is 2.48. The first-order chi connectivity index (χ1) is 9.69. The third-order valence-electron chi connectivity index (χ3n) is 4.04. The van der Waals surface area contributed by atoms with Crippen molar-refractivity contribution in [3.63, 3.8) is 0 Å². The van der Waals surface area contributed by atoms with Crippen molar-refractivity contribution in [3.8, 4) is 0 Å². The molecule has 0 aromatic carbocycles. The molecule has 1 heterocycles. The molecule has 1 saturated carbocycles. The van der Waals surface area contributed by atoms with Crippen LogP contribution in [-0.4, -0.2) is 26.8 Å². The van der Waals surface area contributed by atoms with Crippen molar-refractivity contribution < 1.29 is 0 Å². The largest absolute Gasteiger partial charge is 0.308 e. The SMILES string of the molecule is CCSC1CCC(NCc2c(Br)c(CC)nn2CC)C1. The van der Waals surface area contributed by atoms with Crippen LogP contribution in [0, 0.1) is 0 Å². The minimum atomic E-state index is 0.677. The van der Waals surface area contributed by atoms with Gasteiger partial charge in [0.2, 0.25) is 0 Å². The lowest BCUT2D eigenvalue weighted by Crippen LogP contribution is -2.27. The quantitative estimate of drug-likeness (QED) is 0.797. The highest BCUT2D eigenvalue weighted by Crippen LogP contribution is 2.30. The number of aryl methyl sites for hydroxylation is 2. The van der Waals surface area contributed by atoms with E-state index in [2.05, 4.69) is 63.6 Å². The van der Waals surface area contributed by atoms with Gasteiger partial charge in [-0.25, -0.2) is 0 Å². The standard InChI is InChI=1S/C15H26BrN3S/c1-4-13-15(16)14(19(5-2)18-13)10-17-11-7-8-12(9-11)20-6-3/h11-12,17H,4-10H2,1-3H3. The van der Waals surface area contributed by atoms with Crippen molar-refractivity contribution in [2.45, 2.75) is 70.8 Å². The maximum absolute atomic E-state index is 4.66. The van der Waals surface area contributed by atoms with E-state index >= 15 is 0 Å². The minimum Gasteiger partial charge on any atom is -0.308 e. The number of hydrogen-bond acceptors (Lipinski definition) is 3. The number of hydrogen-bond donors (Lipinski definition) is 1. The predicted octanol–water partition coefficient (Wildman–Crippen LogP) is 3.99. The van der Waals surface area contributed by atoms with Gasteiger partial charge in [0.05, 0.1) is 15.9 Å². The summed E-state index contributed by atoms with van der Waals surface area (Å²) in [6.07, 6.45) is 4.98. The van der Waals surface area contributed by atoms with Crippen molar-refractivity contribution in [1.29, 1.82) is 0 Å². The van der Waals surface area contributed by atoms with Gasteiger partial charge in [-0.05, 0) is 54.3 Å². The van der Waals surface area contributed by atoms with Gasteiger partial charge in [0.15, 0.2) is 0 Å². The first-order valence-corrected chi connectivity index (χ1v) is 9.62. The smallest absolute Gasteiger partial charge is 0.0767 e. The zero-order chi connectivity index (χ0) is 14.5. The Morgan fingerprint density at radius 3 is 2.80 bits per heavy atom. The lowest BCUT2D eigenvalue weighted by Gasteiger charge is -2.14. The van der Waals surface area contributed by atoms with Gasteiger partial charge in [-0.2, -0.15) is 16.9 Å². The molecule has 0 bridgehead atoms. The highest BCUT2D eigenvalue weighted by Gasteiger charge is 2.24. The Balaban J connectivity index is 1.92. The Kier molecular flexibility index (Phi) is 6.43. The molecule has 0 spiro atoms. The van der Waals surface area contributed by atoms with E-state index < -0.39 is 0 Å². The second-order valence-corrected chi connectivity index (χ2v) is 7.72. The van der Waals surface area contributed by atoms with Gasteiger partial charge in [-0.3, -0.25) is 4.68 Å². The van der Waals surface area contributed by atoms with Crippen molar-refractivity contribution in [1.82, 2.24) is 15.1 Å². The van der Waals surface area contributed by atoms with Crippen LogP contribution in [0.25, 0.3) is 0 Å². The summed E-state index contributed by atoms with van der Waals surface area (Å²) in [4.78, 5) is 0. The monoisotopic (exact) mass is 359 g/mol. The maximum Gasteiger partial charge on any atom is 0.0767 e. The normalized spacial score (nSPS) is 22.6. The summed E-state index contributed by atoms with van der Waals surface area (Å²) in [7, 11) is 0. The molecule has 1 aromatic heterocycles. The summed E-state index contributed by atoms with van der Waals surface area (Å²) in [5.74, 6) is 1.24. The first kappa shape index (κ1) is 16.4. The minimum absolute atomic E-state index is 0.677. The molecule has 2 unspecified atom stereocenters. The van der Waals surface area contributed by atoms with Crippen LogP contribution < -0.4 is 5.32 Å². The lowest BCUT2D eigenvalue weighted by molar-refractivity contribution is 0.498. The molecule has 1 aliphatic carbocycles. The van der Waals surface area contributed by atoms with Crippen molar-refractivity contribution in [2.24, 2.45) is 0 Å². The number of thioether (sulfide) groups is 1. The Morgan fingerprint density at radius 2 is 2.15 bits per heavy atom. The third-order valence-corrected chi connectivity index (χ3v) is 6.19. The molecule has 0 radical (unpaired) electrons. The number of aromatic nitrogens is 2. The molecular weight excluding hydrogens is 334 g/mol. The molecule has 1 fully saturated rings. The number of nitrogens with zero attached hydrogens (tertiary/aromatic N) is 2. The van der Waals surface area contributed by atoms with E-state index in [4.69, 9.17) is 0 Å². The van der Waals surface area contributed by atoms with E-state index in [0.29, 0.717) is 6.04 Å². The van der Waals surface area contributed by atoms with Crippen molar-refractivity contribution in [2.75, 3.05) is 5.75 Å². The molecule has 114 valence electrons. The zero-order valence-corrected chi connectivity index (χ0v) is 15.2. The molecule has 3 nitrogen and oxygen atoms in total. The highest BCUT2D eigenvalue weighted by molar-refractivity contribution is 9.10. The lowest BCUT2D eigenvalue weighted by atomic mass is 10.2. The van der Waals surface area contributed by atoms with Crippen LogP contribution in [0.5, 0.6) is 0 Å². The van der Waals surface area contributed by atoms with Crippen molar-refractivity contribution >= 4 is 27.7 Å². The third kappa shape index (κ3) is 3.80. The molecular formula is C15H26BrN3S. The van der Waals surface area contributed by atoms with Gasteiger partial charge >= 0.3 is 0 Å². The van der Waals surface area contributed by atoms with E-state index in [-0.39, 0.29) is 0 Å². The summed E-state index contributed by atoms with van der Waals surface area (Å²) in [6, 6.07) is 0.677. The van der Waals surface area contributed by atoms with Gasteiger partial charge in [-0.15, -0.1) is 0 Å².